The summed E-state index contributed by atoms with van der Waals surface area (Å²) in [6.45, 7) is 0. The van der Waals surface area contributed by atoms with Crippen LogP contribution in [0.15, 0.2) is 45.3 Å². The topological polar surface area (TPSA) is 98.8 Å². The van der Waals surface area contributed by atoms with Crippen molar-refractivity contribution < 1.29 is 9.18 Å². The summed E-state index contributed by atoms with van der Waals surface area (Å²) < 4.78 is 14.5. The molecule has 1 aliphatic carbocycles. The van der Waals surface area contributed by atoms with E-state index in [-0.39, 0.29) is 21.7 Å². The van der Waals surface area contributed by atoms with Crippen molar-refractivity contribution in [3.63, 3.8) is 0 Å². The van der Waals surface area contributed by atoms with Gasteiger partial charge in [-0.1, -0.05) is 17.4 Å². The molecule has 0 amide bonds. The van der Waals surface area contributed by atoms with Gasteiger partial charge in [-0.05, 0) is 58.7 Å². The van der Waals surface area contributed by atoms with Gasteiger partial charge >= 0.3 is 0 Å². The number of allylic oxidation sites excluding steroid dienone is 3. The molecular weight excluding hydrogens is 465 g/mol. The number of halogens is 2. The Hall–Kier alpha value is -2.35. The van der Waals surface area contributed by atoms with Crippen LogP contribution in [0, 0.1) is 21.1 Å². The summed E-state index contributed by atoms with van der Waals surface area (Å²) in [5, 5.41) is 17.3. The van der Waals surface area contributed by atoms with E-state index < -0.39 is 11.7 Å². The number of carbonyl (C=O) groups excluding carboxylic acids is 1. The predicted molar refractivity (Wildman–Crippen MR) is 109 cm³/mol. The molecule has 2 aliphatic rings. The highest BCUT2D eigenvalue weighted by Gasteiger charge is 2.41. The van der Waals surface area contributed by atoms with E-state index in [1.807, 2.05) is 0 Å². The first kappa shape index (κ1) is 19.0. The molecule has 1 aliphatic heterocycles. The third-order valence-electron chi connectivity index (χ3n) is 4.81. The molecule has 28 heavy (non-hydrogen) atoms. The van der Waals surface area contributed by atoms with Crippen LogP contribution in [0.3, 0.4) is 0 Å². The van der Waals surface area contributed by atoms with Gasteiger partial charge < -0.3 is 5.73 Å². The van der Waals surface area contributed by atoms with Gasteiger partial charge in [-0.2, -0.15) is 5.26 Å². The van der Waals surface area contributed by atoms with Crippen molar-refractivity contribution in [2.45, 2.75) is 25.2 Å². The van der Waals surface area contributed by atoms with Crippen molar-refractivity contribution in [1.82, 2.24) is 10.2 Å². The number of aromatic amines is 1. The van der Waals surface area contributed by atoms with E-state index in [0.717, 1.165) is 5.70 Å². The molecule has 6 nitrogen and oxygen atoms in total. The molecule has 0 radical (unpaired) electrons. The summed E-state index contributed by atoms with van der Waals surface area (Å²) in [6.07, 6.45) is 1.69. The summed E-state index contributed by atoms with van der Waals surface area (Å²) >= 11 is 9.52. The molecule has 4 rings (SSSR count). The molecule has 10 heteroatoms. The van der Waals surface area contributed by atoms with Gasteiger partial charge in [0.05, 0.1) is 22.0 Å². The molecular formula is C18H13BrFN5OS2. The highest BCUT2D eigenvalue weighted by molar-refractivity contribution is 9.10. The third kappa shape index (κ3) is 2.99. The maximum atomic E-state index is 13.8. The van der Waals surface area contributed by atoms with E-state index in [4.69, 9.17) is 18.0 Å². The van der Waals surface area contributed by atoms with Crippen molar-refractivity contribution in [1.29, 1.82) is 5.26 Å². The number of nitriles is 1. The smallest absolute Gasteiger partial charge is 0.216 e. The number of hydrogen-bond acceptors (Lipinski definition) is 7. The molecule has 2 heterocycles. The number of H-pyrrole nitrogens is 1. The van der Waals surface area contributed by atoms with Crippen LogP contribution in [0.4, 0.5) is 9.52 Å². The summed E-state index contributed by atoms with van der Waals surface area (Å²) in [6, 6.07) is 6.63. The molecule has 0 saturated heterocycles. The Morgan fingerprint density at radius 2 is 2.25 bits per heavy atom. The van der Waals surface area contributed by atoms with Crippen LogP contribution in [0.5, 0.6) is 0 Å². The highest BCUT2D eigenvalue weighted by atomic mass is 79.9. The number of carbonyl (C=O) groups is 1. The second-order valence-corrected chi connectivity index (χ2v) is 8.88. The quantitative estimate of drug-likeness (QED) is 0.621. The number of hydrogen-bond donors (Lipinski definition) is 2. The van der Waals surface area contributed by atoms with Gasteiger partial charge in [0, 0.05) is 17.7 Å². The van der Waals surface area contributed by atoms with Crippen molar-refractivity contribution >= 4 is 50.4 Å². The van der Waals surface area contributed by atoms with Crippen molar-refractivity contribution in [3.8, 4) is 6.07 Å². The van der Waals surface area contributed by atoms with Gasteiger partial charge in [0.1, 0.15) is 11.6 Å². The van der Waals surface area contributed by atoms with Crippen LogP contribution in [-0.4, -0.2) is 16.0 Å². The Labute approximate surface area is 177 Å². The molecule has 0 fully saturated rings. The Bertz CT molecular complexity index is 1160. The summed E-state index contributed by atoms with van der Waals surface area (Å²) in [7, 11) is 0. The summed E-state index contributed by atoms with van der Waals surface area (Å²) in [5.74, 6) is -0.903. The standard InChI is InChI=1S/C18H13BrFN5OS2/c19-10-6-8(4-5-11(10)20)14-9(7-21)16(22)25(17-23-24-18(27)28-17)12-2-1-3-13(26)15(12)14/h4-6,14H,1-3,22H2,(H,24,27). The number of aromatic nitrogens is 2. The maximum Gasteiger partial charge on any atom is 0.216 e. The number of ketones is 1. The SMILES string of the molecule is N#CC1=C(N)N(c2n[nH]c(=S)s2)C2=C(C(=O)CCC2)C1c1ccc(F)c(Br)c1. The van der Waals surface area contributed by atoms with Gasteiger partial charge in [-0.25, -0.2) is 4.39 Å². The number of nitrogens with two attached hydrogens (primary N) is 1. The van der Waals surface area contributed by atoms with E-state index in [1.165, 1.54) is 17.4 Å². The molecule has 142 valence electrons. The van der Waals surface area contributed by atoms with Gasteiger partial charge in [0.15, 0.2) is 9.74 Å². The fourth-order valence-corrected chi connectivity index (χ4v) is 4.96. The van der Waals surface area contributed by atoms with Crippen LogP contribution in [0.2, 0.25) is 0 Å². The van der Waals surface area contributed by atoms with Crippen LogP contribution in [-0.2, 0) is 4.79 Å². The molecule has 3 N–H and O–H groups in total. The van der Waals surface area contributed by atoms with E-state index in [2.05, 4.69) is 32.2 Å². The minimum atomic E-state index is -0.645. The van der Waals surface area contributed by atoms with Gasteiger partial charge in [-0.15, -0.1) is 5.10 Å². The Kier molecular flexibility index (Phi) is 4.91. The number of nitrogens with zero attached hydrogens (tertiary/aromatic N) is 3. The molecule has 1 aromatic carbocycles. The van der Waals surface area contributed by atoms with E-state index in [1.54, 1.807) is 17.0 Å². The average molecular weight is 478 g/mol. The van der Waals surface area contributed by atoms with E-state index >= 15 is 0 Å². The lowest BCUT2D eigenvalue weighted by molar-refractivity contribution is -0.116. The van der Waals surface area contributed by atoms with Crippen molar-refractivity contribution in [3.05, 3.63) is 60.7 Å². The van der Waals surface area contributed by atoms with Crippen LogP contribution >= 0.6 is 39.5 Å². The first-order valence-electron chi connectivity index (χ1n) is 8.39. The van der Waals surface area contributed by atoms with Gasteiger partial charge in [-0.3, -0.25) is 14.8 Å². The number of anilines is 1. The molecule has 2 aromatic rings. The maximum absolute atomic E-state index is 13.8. The largest absolute Gasteiger partial charge is 0.384 e. The van der Waals surface area contributed by atoms with Crippen LogP contribution in [0.1, 0.15) is 30.7 Å². The highest BCUT2D eigenvalue weighted by Crippen LogP contribution is 2.46. The Morgan fingerprint density at radius 3 is 2.89 bits per heavy atom. The van der Waals surface area contributed by atoms with E-state index in [9.17, 15) is 14.4 Å². The zero-order chi connectivity index (χ0) is 20.0. The molecule has 1 atom stereocenters. The van der Waals surface area contributed by atoms with E-state index in [0.29, 0.717) is 39.5 Å². The lowest BCUT2D eigenvalue weighted by Gasteiger charge is -2.38. The second-order valence-electron chi connectivity index (χ2n) is 6.39. The monoisotopic (exact) mass is 477 g/mol. The van der Waals surface area contributed by atoms with Gasteiger partial charge in [0.2, 0.25) is 5.13 Å². The molecule has 0 saturated carbocycles. The summed E-state index contributed by atoms with van der Waals surface area (Å²) in [5.41, 5.74) is 8.48. The fourth-order valence-electron chi connectivity index (χ4n) is 3.65. The number of rotatable bonds is 2. The molecule has 0 spiro atoms. The van der Waals surface area contributed by atoms with Gasteiger partial charge in [0.25, 0.3) is 0 Å². The zero-order valence-electron chi connectivity index (χ0n) is 14.3. The Balaban J connectivity index is 1.98. The van der Waals surface area contributed by atoms with Crippen LogP contribution in [0.25, 0.3) is 0 Å². The molecule has 1 unspecified atom stereocenters. The predicted octanol–water partition coefficient (Wildman–Crippen LogP) is 4.41. The average Bonchev–Trinajstić information content (AvgIpc) is 3.09. The Morgan fingerprint density at radius 1 is 1.46 bits per heavy atom. The second kappa shape index (κ2) is 7.24. The zero-order valence-corrected chi connectivity index (χ0v) is 17.5. The lowest BCUT2D eigenvalue weighted by atomic mass is 9.76. The minimum absolute atomic E-state index is 0.0453. The third-order valence-corrected chi connectivity index (χ3v) is 6.49. The first-order valence-corrected chi connectivity index (χ1v) is 10.4. The minimum Gasteiger partial charge on any atom is -0.384 e. The first-order chi connectivity index (χ1) is 13.4. The molecule has 1 aromatic heterocycles. The number of nitrogens with one attached hydrogen (secondary N) is 1. The van der Waals surface area contributed by atoms with Crippen LogP contribution < -0.4 is 10.6 Å². The number of benzene rings is 1. The molecule has 0 bridgehead atoms. The van der Waals surface area contributed by atoms with Crippen molar-refractivity contribution in [2.24, 2.45) is 5.73 Å². The normalized spacial score (nSPS) is 19.7. The number of Topliss-reactive ketones (excluding diaryl/α,β-unsaturated/α-hetero) is 1. The summed E-state index contributed by atoms with van der Waals surface area (Å²) in [4.78, 5) is 14.6. The fraction of sp³-hybridized carbons (Fsp3) is 0.222. The van der Waals surface area contributed by atoms with Crippen molar-refractivity contribution in [2.75, 3.05) is 4.90 Å². The lowest BCUT2D eigenvalue weighted by Crippen LogP contribution is -2.38.